The molecule has 1 aromatic rings. The van der Waals surface area contributed by atoms with Crippen molar-refractivity contribution in [1.82, 2.24) is 5.32 Å². The lowest BCUT2D eigenvalue weighted by Gasteiger charge is -2.13. The van der Waals surface area contributed by atoms with Gasteiger partial charge in [-0.3, -0.25) is 0 Å². The molecule has 3 nitrogen and oxygen atoms in total. The van der Waals surface area contributed by atoms with Gasteiger partial charge >= 0.3 is 0 Å². The Bertz CT molecular complexity index is 513. The molecule has 19 heavy (non-hydrogen) atoms. The number of benzene rings is 1. The van der Waals surface area contributed by atoms with E-state index in [4.69, 9.17) is 0 Å². The van der Waals surface area contributed by atoms with Gasteiger partial charge in [0.1, 0.15) is 5.82 Å². The minimum atomic E-state index is -3.32. The summed E-state index contributed by atoms with van der Waals surface area (Å²) in [7, 11) is -3.32. The van der Waals surface area contributed by atoms with Gasteiger partial charge in [-0.25, -0.2) is 12.8 Å². The van der Waals surface area contributed by atoms with Crippen LogP contribution in [0.3, 0.4) is 0 Å². The van der Waals surface area contributed by atoms with E-state index in [1.165, 1.54) is 24.3 Å². The van der Waals surface area contributed by atoms with E-state index in [2.05, 4.69) is 12.2 Å². The summed E-state index contributed by atoms with van der Waals surface area (Å²) in [6, 6.07) is 5.42. The summed E-state index contributed by atoms with van der Waals surface area (Å²) < 4.78 is 37.7. The largest absolute Gasteiger partial charge is 0.314 e. The maximum absolute atomic E-state index is 12.8. The topological polar surface area (TPSA) is 46.2 Å². The number of rotatable bonds is 5. The summed E-state index contributed by atoms with van der Waals surface area (Å²) in [6.45, 7) is 3.02. The second-order valence-corrected chi connectivity index (χ2v) is 7.31. The molecule has 0 aliphatic heterocycles. The van der Waals surface area contributed by atoms with Crippen molar-refractivity contribution in [2.75, 3.05) is 6.54 Å². The van der Waals surface area contributed by atoms with Gasteiger partial charge in [0.25, 0.3) is 0 Å². The van der Waals surface area contributed by atoms with Crippen LogP contribution in [0.4, 0.5) is 4.39 Å². The van der Waals surface area contributed by atoms with Crippen molar-refractivity contribution in [3.63, 3.8) is 0 Å². The van der Waals surface area contributed by atoms with Crippen molar-refractivity contribution in [3.05, 3.63) is 30.1 Å². The highest BCUT2D eigenvalue weighted by atomic mass is 32.2. The van der Waals surface area contributed by atoms with Gasteiger partial charge in [0, 0.05) is 6.04 Å². The smallest absolute Gasteiger partial charge is 0.181 e. The Kier molecular flexibility index (Phi) is 4.58. The minimum absolute atomic E-state index is 0.232. The molecule has 0 bridgehead atoms. The van der Waals surface area contributed by atoms with Gasteiger partial charge < -0.3 is 5.32 Å². The molecule has 1 N–H and O–H groups in total. The van der Waals surface area contributed by atoms with E-state index < -0.39 is 15.7 Å². The van der Waals surface area contributed by atoms with Crippen molar-refractivity contribution >= 4 is 9.84 Å². The fourth-order valence-corrected chi connectivity index (χ4v) is 4.40. The highest BCUT2D eigenvalue weighted by Gasteiger charge is 2.34. The molecule has 1 aliphatic rings. The first-order valence-electron chi connectivity index (χ1n) is 6.77. The fraction of sp³-hybridized carbons (Fsp3) is 0.571. The predicted octanol–water partition coefficient (Wildman–Crippen LogP) is 2.52. The van der Waals surface area contributed by atoms with E-state index in [0.717, 1.165) is 19.4 Å². The molecule has 0 amide bonds. The zero-order valence-electron chi connectivity index (χ0n) is 11.1. The van der Waals surface area contributed by atoms with E-state index in [-0.39, 0.29) is 10.1 Å². The molecule has 1 fully saturated rings. The number of hydrogen-bond acceptors (Lipinski definition) is 3. The molecule has 1 saturated carbocycles. The van der Waals surface area contributed by atoms with Gasteiger partial charge in [-0.05, 0) is 56.5 Å². The van der Waals surface area contributed by atoms with E-state index in [1.807, 2.05) is 0 Å². The average molecular weight is 285 g/mol. The van der Waals surface area contributed by atoms with E-state index in [0.29, 0.717) is 18.9 Å². The Hall–Kier alpha value is -0.940. The molecule has 2 atom stereocenters. The monoisotopic (exact) mass is 285 g/mol. The molecule has 1 aliphatic carbocycles. The SMILES string of the molecule is CCCNC1CCC(S(=O)(=O)c2ccc(F)cc2)C1. The van der Waals surface area contributed by atoms with Crippen molar-refractivity contribution in [1.29, 1.82) is 0 Å². The third kappa shape index (κ3) is 3.34. The Morgan fingerprint density at radius 2 is 1.95 bits per heavy atom. The first kappa shape index (κ1) is 14.5. The lowest BCUT2D eigenvalue weighted by atomic mass is 10.2. The number of hydrogen-bond donors (Lipinski definition) is 1. The van der Waals surface area contributed by atoms with Crippen LogP contribution in [0.5, 0.6) is 0 Å². The number of sulfone groups is 1. The fourth-order valence-electron chi connectivity index (χ4n) is 2.57. The first-order valence-corrected chi connectivity index (χ1v) is 8.31. The summed E-state index contributed by atoms with van der Waals surface area (Å²) in [5.74, 6) is -0.409. The zero-order valence-corrected chi connectivity index (χ0v) is 11.9. The molecule has 0 saturated heterocycles. The van der Waals surface area contributed by atoms with Crippen LogP contribution in [-0.2, 0) is 9.84 Å². The van der Waals surface area contributed by atoms with E-state index >= 15 is 0 Å². The van der Waals surface area contributed by atoms with Crippen LogP contribution in [0.25, 0.3) is 0 Å². The molecule has 106 valence electrons. The third-order valence-electron chi connectivity index (χ3n) is 3.65. The van der Waals surface area contributed by atoms with Crippen molar-refractivity contribution in [2.45, 2.75) is 48.8 Å². The molecule has 0 heterocycles. The molecular formula is C14H20FNO2S. The first-order chi connectivity index (χ1) is 9.04. The van der Waals surface area contributed by atoms with E-state index in [1.54, 1.807) is 0 Å². The van der Waals surface area contributed by atoms with Gasteiger partial charge in [0.2, 0.25) is 0 Å². The molecule has 0 radical (unpaired) electrons. The predicted molar refractivity (Wildman–Crippen MR) is 73.3 cm³/mol. The van der Waals surface area contributed by atoms with Crippen molar-refractivity contribution < 1.29 is 12.8 Å². The summed E-state index contributed by atoms with van der Waals surface area (Å²) >= 11 is 0. The second kappa shape index (κ2) is 6.01. The normalized spacial score (nSPS) is 23.7. The molecule has 5 heteroatoms. The molecule has 2 unspecified atom stereocenters. The third-order valence-corrected chi connectivity index (χ3v) is 5.88. The zero-order chi connectivity index (χ0) is 13.9. The maximum atomic E-state index is 12.8. The molecule has 0 spiro atoms. The van der Waals surface area contributed by atoms with Crippen LogP contribution in [0.1, 0.15) is 32.6 Å². The maximum Gasteiger partial charge on any atom is 0.181 e. The Morgan fingerprint density at radius 1 is 1.26 bits per heavy atom. The minimum Gasteiger partial charge on any atom is -0.314 e. The van der Waals surface area contributed by atoms with Crippen LogP contribution in [0, 0.1) is 5.82 Å². The van der Waals surface area contributed by atoms with Crippen LogP contribution in [0.15, 0.2) is 29.2 Å². The van der Waals surface area contributed by atoms with E-state index in [9.17, 15) is 12.8 Å². The summed E-state index contributed by atoms with van der Waals surface area (Å²) in [6.07, 6.45) is 3.28. The van der Waals surface area contributed by atoms with Gasteiger partial charge in [-0.1, -0.05) is 6.92 Å². The lowest BCUT2D eigenvalue weighted by Crippen LogP contribution is -2.29. The summed E-state index contributed by atoms with van der Waals surface area (Å²) in [4.78, 5) is 0.232. The van der Waals surface area contributed by atoms with Gasteiger partial charge in [0.05, 0.1) is 10.1 Å². The summed E-state index contributed by atoms with van der Waals surface area (Å²) in [5.41, 5.74) is 0. The Labute approximate surface area is 114 Å². The van der Waals surface area contributed by atoms with Crippen LogP contribution < -0.4 is 5.32 Å². The second-order valence-electron chi connectivity index (χ2n) is 5.09. The number of nitrogens with one attached hydrogen (secondary N) is 1. The molecular weight excluding hydrogens is 265 g/mol. The molecule has 1 aromatic carbocycles. The highest BCUT2D eigenvalue weighted by Crippen LogP contribution is 2.30. The Balaban J connectivity index is 2.07. The average Bonchev–Trinajstić information content (AvgIpc) is 2.86. The van der Waals surface area contributed by atoms with Crippen LogP contribution >= 0.6 is 0 Å². The van der Waals surface area contributed by atoms with Gasteiger partial charge in [-0.15, -0.1) is 0 Å². The van der Waals surface area contributed by atoms with Gasteiger partial charge in [0.15, 0.2) is 9.84 Å². The summed E-state index contributed by atoms with van der Waals surface area (Å²) in [5, 5.41) is 3.03. The van der Waals surface area contributed by atoms with Gasteiger partial charge in [-0.2, -0.15) is 0 Å². The number of halogens is 1. The standard InChI is InChI=1S/C14H20FNO2S/c1-2-9-16-12-5-8-14(10-12)19(17,18)13-6-3-11(15)4-7-13/h3-4,6-7,12,14,16H,2,5,8-10H2,1H3. The highest BCUT2D eigenvalue weighted by molar-refractivity contribution is 7.92. The lowest BCUT2D eigenvalue weighted by molar-refractivity contribution is 0.520. The van der Waals surface area contributed by atoms with Crippen LogP contribution in [-0.4, -0.2) is 26.3 Å². The van der Waals surface area contributed by atoms with Crippen molar-refractivity contribution in [2.24, 2.45) is 0 Å². The quantitative estimate of drug-likeness (QED) is 0.846. The molecule has 2 rings (SSSR count). The van der Waals surface area contributed by atoms with Crippen LogP contribution in [0.2, 0.25) is 0 Å². The Morgan fingerprint density at radius 3 is 2.58 bits per heavy atom. The van der Waals surface area contributed by atoms with Crippen molar-refractivity contribution in [3.8, 4) is 0 Å². The molecule has 0 aromatic heterocycles.